The highest BCUT2D eigenvalue weighted by molar-refractivity contribution is 6.08. The zero-order chi connectivity index (χ0) is 19.4. The van der Waals surface area contributed by atoms with Gasteiger partial charge in [0.25, 0.3) is 0 Å². The molecule has 0 spiro atoms. The van der Waals surface area contributed by atoms with E-state index in [0.717, 1.165) is 40.0 Å². The number of benzene rings is 1. The number of allylic oxidation sites excluding steroid dienone is 2. The van der Waals surface area contributed by atoms with E-state index in [1.807, 2.05) is 38.1 Å². The van der Waals surface area contributed by atoms with Crippen LogP contribution in [0.25, 0.3) is 17.2 Å². The van der Waals surface area contributed by atoms with Crippen molar-refractivity contribution < 1.29 is 9.18 Å². The Kier molecular flexibility index (Phi) is 5.81. The Bertz CT molecular complexity index is 901. The molecule has 1 aromatic heterocycles. The molecule has 1 aliphatic carbocycles. The number of rotatable bonds is 6. The van der Waals surface area contributed by atoms with Crippen LogP contribution in [0, 0.1) is 5.82 Å². The lowest BCUT2D eigenvalue weighted by Crippen LogP contribution is -2.31. The number of carbonyl (C=O) groups excluding carboxylic acids is 1. The van der Waals surface area contributed by atoms with E-state index in [-0.39, 0.29) is 18.1 Å². The number of likely N-dealkylation sites (N-methyl/N-ethyl adjacent to an activating group) is 1. The van der Waals surface area contributed by atoms with E-state index in [9.17, 15) is 9.18 Å². The van der Waals surface area contributed by atoms with Gasteiger partial charge in [0, 0.05) is 25.5 Å². The third kappa shape index (κ3) is 4.49. The number of amides is 1. The van der Waals surface area contributed by atoms with Gasteiger partial charge in [0.2, 0.25) is 5.91 Å². The molecule has 0 saturated carbocycles. The summed E-state index contributed by atoms with van der Waals surface area (Å²) in [5.41, 5.74) is 5.69. The van der Waals surface area contributed by atoms with Crippen molar-refractivity contribution in [2.75, 3.05) is 27.2 Å². The molecule has 0 saturated heterocycles. The minimum absolute atomic E-state index is 0.0495. The van der Waals surface area contributed by atoms with Crippen molar-refractivity contribution in [3.05, 3.63) is 70.8 Å². The number of hydrogen-bond acceptors (Lipinski definition) is 3. The lowest BCUT2D eigenvalue weighted by Gasteiger charge is -2.11. The van der Waals surface area contributed by atoms with Gasteiger partial charge < -0.3 is 10.2 Å². The first-order valence-corrected chi connectivity index (χ1v) is 8.99. The summed E-state index contributed by atoms with van der Waals surface area (Å²) in [5, 5.41) is 2.94. The Hall–Kier alpha value is -2.79. The quantitative estimate of drug-likeness (QED) is 0.850. The van der Waals surface area contributed by atoms with Crippen LogP contribution in [0.5, 0.6) is 0 Å². The summed E-state index contributed by atoms with van der Waals surface area (Å²) in [5.74, 6) is -0.344. The molecule has 2 aromatic rings. The van der Waals surface area contributed by atoms with Gasteiger partial charge in [0.15, 0.2) is 0 Å². The van der Waals surface area contributed by atoms with E-state index in [0.29, 0.717) is 6.54 Å². The summed E-state index contributed by atoms with van der Waals surface area (Å²) in [6.07, 6.45) is 5.78. The molecule has 5 heteroatoms. The van der Waals surface area contributed by atoms with Crippen molar-refractivity contribution in [2.45, 2.75) is 13.3 Å². The second kappa shape index (κ2) is 8.27. The average Bonchev–Trinajstić information content (AvgIpc) is 2.87. The summed E-state index contributed by atoms with van der Waals surface area (Å²) in [6, 6.07) is 8.63. The number of carbonyl (C=O) groups is 1. The van der Waals surface area contributed by atoms with Crippen LogP contribution in [-0.4, -0.2) is 43.0 Å². The number of nitrogens with one attached hydrogen (secondary N) is 1. The number of aromatic nitrogens is 1. The second-order valence-corrected chi connectivity index (χ2v) is 6.96. The highest BCUT2D eigenvalue weighted by atomic mass is 19.1. The number of hydrogen-bond donors (Lipinski definition) is 1. The van der Waals surface area contributed by atoms with Gasteiger partial charge in [0.05, 0.1) is 6.42 Å². The number of pyridine rings is 1. The van der Waals surface area contributed by atoms with Crippen LogP contribution >= 0.6 is 0 Å². The smallest absolute Gasteiger partial charge is 0.224 e. The zero-order valence-corrected chi connectivity index (χ0v) is 15.9. The predicted octanol–water partition coefficient (Wildman–Crippen LogP) is 3.62. The van der Waals surface area contributed by atoms with Crippen LogP contribution in [0.3, 0.4) is 0 Å². The fourth-order valence-electron chi connectivity index (χ4n) is 3.25. The molecule has 0 bridgehead atoms. The summed E-state index contributed by atoms with van der Waals surface area (Å²) in [6.45, 7) is 3.36. The SMILES string of the molecule is CC1=C(CC(=O)NCCN(C)C)c2cc(F)ccc2/C1=C\c1ccncc1. The summed E-state index contributed by atoms with van der Waals surface area (Å²) in [4.78, 5) is 18.5. The van der Waals surface area contributed by atoms with Crippen molar-refractivity contribution in [2.24, 2.45) is 0 Å². The zero-order valence-electron chi connectivity index (χ0n) is 15.9. The fraction of sp³-hybridized carbons (Fsp3) is 0.273. The lowest BCUT2D eigenvalue weighted by atomic mass is 10.0. The average molecular weight is 365 g/mol. The minimum Gasteiger partial charge on any atom is -0.355 e. The molecule has 140 valence electrons. The van der Waals surface area contributed by atoms with E-state index in [1.165, 1.54) is 12.1 Å². The van der Waals surface area contributed by atoms with Crippen molar-refractivity contribution in [3.8, 4) is 0 Å². The Labute approximate surface area is 159 Å². The number of halogens is 1. The summed E-state index contributed by atoms with van der Waals surface area (Å²) >= 11 is 0. The standard InChI is InChI=1S/C22H24FN3O/c1-15-19(12-16-6-8-24-9-7-16)18-5-4-17(23)13-21(18)20(15)14-22(27)25-10-11-26(2)3/h4-9,12-13H,10-11,14H2,1-3H3,(H,25,27)/b19-12-. The van der Waals surface area contributed by atoms with Gasteiger partial charge in [-0.15, -0.1) is 0 Å². The first-order chi connectivity index (χ1) is 13.0. The fourth-order valence-corrected chi connectivity index (χ4v) is 3.25. The minimum atomic E-state index is -0.294. The number of nitrogens with zero attached hydrogens (tertiary/aromatic N) is 2. The van der Waals surface area contributed by atoms with Gasteiger partial charge in [-0.25, -0.2) is 4.39 Å². The molecule has 1 N–H and O–H groups in total. The maximum absolute atomic E-state index is 13.9. The van der Waals surface area contributed by atoms with E-state index < -0.39 is 0 Å². The molecular weight excluding hydrogens is 341 g/mol. The van der Waals surface area contributed by atoms with Gasteiger partial charge in [-0.2, -0.15) is 0 Å². The lowest BCUT2D eigenvalue weighted by molar-refractivity contribution is -0.120. The molecule has 1 heterocycles. The third-order valence-electron chi connectivity index (χ3n) is 4.69. The van der Waals surface area contributed by atoms with Crippen molar-refractivity contribution in [1.82, 2.24) is 15.2 Å². The van der Waals surface area contributed by atoms with Crippen LogP contribution in [-0.2, 0) is 4.79 Å². The molecule has 0 radical (unpaired) electrons. The first kappa shape index (κ1) is 19.0. The van der Waals surface area contributed by atoms with E-state index in [4.69, 9.17) is 0 Å². The molecule has 4 nitrogen and oxygen atoms in total. The normalized spacial score (nSPS) is 14.8. The van der Waals surface area contributed by atoms with E-state index in [1.54, 1.807) is 18.5 Å². The largest absolute Gasteiger partial charge is 0.355 e. The highest BCUT2D eigenvalue weighted by Crippen LogP contribution is 2.43. The second-order valence-electron chi connectivity index (χ2n) is 6.96. The van der Waals surface area contributed by atoms with Crippen LogP contribution in [0.4, 0.5) is 4.39 Å². The topological polar surface area (TPSA) is 45.2 Å². The summed E-state index contributed by atoms with van der Waals surface area (Å²) in [7, 11) is 3.93. The Morgan fingerprint density at radius 3 is 2.63 bits per heavy atom. The Morgan fingerprint density at radius 1 is 1.19 bits per heavy atom. The molecule has 0 aliphatic heterocycles. The first-order valence-electron chi connectivity index (χ1n) is 8.99. The number of fused-ring (bicyclic) bond motifs is 1. The van der Waals surface area contributed by atoms with Crippen LogP contribution in [0.15, 0.2) is 48.3 Å². The molecule has 0 fully saturated rings. The Balaban J connectivity index is 1.91. The van der Waals surface area contributed by atoms with Gasteiger partial charge >= 0.3 is 0 Å². The molecule has 1 aromatic carbocycles. The molecule has 1 aliphatic rings. The van der Waals surface area contributed by atoms with Crippen LogP contribution in [0.2, 0.25) is 0 Å². The monoisotopic (exact) mass is 365 g/mol. The molecule has 0 unspecified atom stereocenters. The van der Waals surface area contributed by atoms with Gasteiger partial charge in [0.1, 0.15) is 5.82 Å². The van der Waals surface area contributed by atoms with Crippen molar-refractivity contribution in [3.63, 3.8) is 0 Å². The molecule has 27 heavy (non-hydrogen) atoms. The van der Waals surface area contributed by atoms with Crippen LogP contribution < -0.4 is 5.32 Å². The van der Waals surface area contributed by atoms with Gasteiger partial charge in [-0.05, 0) is 84.8 Å². The maximum atomic E-state index is 13.9. The van der Waals surface area contributed by atoms with E-state index >= 15 is 0 Å². The van der Waals surface area contributed by atoms with Crippen molar-refractivity contribution >= 4 is 23.1 Å². The maximum Gasteiger partial charge on any atom is 0.224 e. The third-order valence-corrected chi connectivity index (χ3v) is 4.69. The van der Waals surface area contributed by atoms with E-state index in [2.05, 4.69) is 16.4 Å². The molecule has 1 amide bonds. The van der Waals surface area contributed by atoms with Gasteiger partial charge in [-0.1, -0.05) is 6.07 Å². The predicted molar refractivity (Wildman–Crippen MR) is 107 cm³/mol. The highest BCUT2D eigenvalue weighted by Gasteiger charge is 2.25. The van der Waals surface area contributed by atoms with Gasteiger partial charge in [-0.3, -0.25) is 9.78 Å². The van der Waals surface area contributed by atoms with Crippen LogP contribution in [0.1, 0.15) is 30.0 Å². The molecule has 0 atom stereocenters. The Morgan fingerprint density at radius 2 is 1.93 bits per heavy atom. The molecular formula is C22H24FN3O. The molecule has 3 rings (SSSR count). The summed E-state index contributed by atoms with van der Waals surface area (Å²) < 4.78 is 13.9. The van der Waals surface area contributed by atoms with Crippen molar-refractivity contribution in [1.29, 1.82) is 0 Å².